The molecule has 7 heteroatoms. The molecule has 0 aliphatic rings. The third kappa shape index (κ3) is 7.16. The standard InChI is InChI=1S/C9H18N2O5/c1-14-6-11(7-15-2)4-9(16-8-13)3-10-5-12/h5,8-9H,3-4,6-7H2,1-2H3,(H,10,12). The summed E-state index contributed by atoms with van der Waals surface area (Å²) >= 11 is 0. The van der Waals surface area contributed by atoms with E-state index in [1.165, 1.54) is 0 Å². The molecule has 0 bridgehead atoms. The highest BCUT2D eigenvalue weighted by Gasteiger charge is 2.14. The predicted octanol–water partition coefficient (Wildman–Crippen LogP) is -1.22. The van der Waals surface area contributed by atoms with Crippen LogP contribution in [0.4, 0.5) is 0 Å². The summed E-state index contributed by atoms with van der Waals surface area (Å²) in [5, 5.41) is 2.45. The summed E-state index contributed by atoms with van der Waals surface area (Å²) in [6.45, 7) is 1.74. The van der Waals surface area contributed by atoms with Crippen molar-refractivity contribution < 1.29 is 23.8 Å². The summed E-state index contributed by atoms with van der Waals surface area (Å²) in [6, 6.07) is 0. The number of nitrogens with one attached hydrogen (secondary N) is 1. The summed E-state index contributed by atoms with van der Waals surface area (Å²) in [7, 11) is 3.11. The normalized spacial score (nSPS) is 12.2. The third-order valence-corrected chi connectivity index (χ3v) is 1.76. The monoisotopic (exact) mass is 234 g/mol. The minimum absolute atomic E-state index is 0.256. The molecular weight excluding hydrogens is 216 g/mol. The van der Waals surface area contributed by atoms with Crippen molar-refractivity contribution in [3.8, 4) is 0 Å². The minimum atomic E-state index is -0.423. The van der Waals surface area contributed by atoms with Gasteiger partial charge in [0.05, 0.1) is 6.54 Å². The van der Waals surface area contributed by atoms with Gasteiger partial charge in [0, 0.05) is 20.8 Å². The lowest BCUT2D eigenvalue weighted by atomic mass is 10.3. The molecule has 0 fully saturated rings. The fourth-order valence-electron chi connectivity index (χ4n) is 1.21. The van der Waals surface area contributed by atoms with Crippen molar-refractivity contribution in [1.82, 2.24) is 10.2 Å². The van der Waals surface area contributed by atoms with Gasteiger partial charge in [-0.1, -0.05) is 0 Å². The Morgan fingerprint density at radius 2 is 1.88 bits per heavy atom. The Bertz CT molecular complexity index is 185. The van der Waals surface area contributed by atoms with Gasteiger partial charge >= 0.3 is 0 Å². The molecule has 1 unspecified atom stereocenters. The van der Waals surface area contributed by atoms with Crippen LogP contribution in [0.5, 0.6) is 0 Å². The van der Waals surface area contributed by atoms with E-state index in [0.29, 0.717) is 32.9 Å². The van der Waals surface area contributed by atoms with Crippen molar-refractivity contribution in [2.24, 2.45) is 0 Å². The van der Waals surface area contributed by atoms with E-state index in [1.807, 2.05) is 0 Å². The lowest BCUT2D eigenvalue weighted by Gasteiger charge is -2.24. The first-order valence-corrected chi connectivity index (χ1v) is 4.74. The number of hydrogen-bond acceptors (Lipinski definition) is 6. The van der Waals surface area contributed by atoms with Crippen molar-refractivity contribution in [3.63, 3.8) is 0 Å². The quantitative estimate of drug-likeness (QED) is 0.357. The van der Waals surface area contributed by atoms with Crippen LogP contribution in [0, 0.1) is 0 Å². The maximum Gasteiger partial charge on any atom is 0.293 e. The van der Waals surface area contributed by atoms with Gasteiger partial charge in [-0.2, -0.15) is 0 Å². The van der Waals surface area contributed by atoms with E-state index in [4.69, 9.17) is 14.2 Å². The van der Waals surface area contributed by atoms with E-state index < -0.39 is 6.10 Å². The molecule has 0 aromatic carbocycles. The highest BCUT2D eigenvalue weighted by atomic mass is 16.5. The number of nitrogens with zero attached hydrogens (tertiary/aromatic N) is 1. The molecule has 94 valence electrons. The van der Waals surface area contributed by atoms with Gasteiger partial charge in [0.25, 0.3) is 6.47 Å². The lowest BCUT2D eigenvalue weighted by molar-refractivity contribution is -0.136. The molecule has 0 rings (SSSR count). The molecule has 0 spiro atoms. The number of rotatable bonds is 11. The maximum absolute atomic E-state index is 10.3. The van der Waals surface area contributed by atoms with Crippen molar-refractivity contribution in [1.29, 1.82) is 0 Å². The van der Waals surface area contributed by atoms with E-state index in [2.05, 4.69) is 5.32 Å². The Labute approximate surface area is 94.6 Å². The smallest absolute Gasteiger partial charge is 0.293 e. The van der Waals surface area contributed by atoms with Crippen LogP contribution in [0.1, 0.15) is 0 Å². The van der Waals surface area contributed by atoms with Gasteiger partial charge in [0.1, 0.15) is 19.6 Å². The average molecular weight is 234 g/mol. The average Bonchev–Trinajstić information content (AvgIpc) is 2.27. The first-order chi connectivity index (χ1) is 7.78. The lowest BCUT2D eigenvalue weighted by Crippen LogP contribution is -2.41. The van der Waals surface area contributed by atoms with Gasteiger partial charge in [0.15, 0.2) is 0 Å². The van der Waals surface area contributed by atoms with Gasteiger partial charge in [-0.15, -0.1) is 0 Å². The van der Waals surface area contributed by atoms with Crippen molar-refractivity contribution >= 4 is 12.9 Å². The number of carbonyl (C=O) groups is 2. The van der Waals surface area contributed by atoms with Gasteiger partial charge < -0.3 is 19.5 Å². The highest BCUT2D eigenvalue weighted by molar-refractivity contribution is 5.46. The second-order valence-corrected chi connectivity index (χ2v) is 3.07. The Morgan fingerprint density at radius 1 is 1.25 bits per heavy atom. The van der Waals surface area contributed by atoms with Crippen LogP contribution in [-0.2, 0) is 23.8 Å². The predicted molar refractivity (Wildman–Crippen MR) is 55.5 cm³/mol. The van der Waals surface area contributed by atoms with Crippen LogP contribution in [0.15, 0.2) is 0 Å². The van der Waals surface area contributed by atoms with Crippen LogP contribution >= 0.6 is 0 Å². The zero-order valence-corrected chi connectivity index (χ0v) is 9.55. The van der Waals surface area contributed by atoms with Gasteiger partial charge in [-0.3, -0.25) is 14.5 Å². The largest absolute Gasteiger partial charge is 0.461 e. The van der Waals surface area contributed by atoms with E-state index in [1.54, 1.807) is 19.1 Å². The third-order valence-electron chi connectivity index (χ3n) is 1.76. The van der Waals surface area contributed by atoms with E-state index in [0.717, 1.165) is 0 Å². The second kappa shape index (κ2) is 10.3. The summed E-state index contributed by atoms with van der Waals surface area (Å²) in [6.07, 6.45) is 0.131. The fraction of sp³-hybridized carbons (Fsp3) is 0.778. The maximum atomic E-state index is 10.3. The van der Waals surface area contributed by atoms with E-state index in [9.17, 15) is 9.59 Å². The van der Waals surface area contributed by atoms with Crippen molar-refractivity contribution in [2.45, 2.75) is 6.10 Å². The van der Waals surface area contributed by atoms with Gasteiger partial charge in [-0.05, 0) is 0 Å². The van der Waals surface area contributed by atoms with Gasteiger partial charge in [-0.25, -0.2) is 0 Å². The molecule has 0 saturated carbocycles. The molecule has 1 N–H and O–H groups in total. The summed E-state index contributed by atoms with van der Waals surface area (Å²) in [5.41, 5.74) is 0. The van der Waals surface area contributed by atoms with Crippen LogP contribution in [-0.4, -0.2) is 64.7 Å². The Balaban J connectivity index is 4.07. The number of amides is 1. The number of ether oxygens (including phenoxy) is 3. The molecule has 16 heavy (non-hydrogen) atoms. The molecule has 7 nitrogen and oxygen atoms in total. The Morgan fingerprint density at radius 3 is 2.31 bits per heavy atom. The van der Waals surface area contributed by atoms with Crippen molar-refractivity contribution in [3.05, 3.63) is 0 Å². The number of carbonyl (C=O) groups excluding carboxylic acids is 2. The molecule has 0 saturated heterocycles. The number of methoxy groups -OCH3 is 2. The Kier molecular flexibility index (Phi) is 9.58. The molecule has 0 aromatic heterocycles. The summed E-state index contributed by atoms with van der Waals surface area (Å²) < 4.78 is 14.7. The topological polar surface area (TPSA) is 77.1 Å². The van der Waals surface area contributed by atoms with Gasteiger partial charge in [0.2, 0.25) is 6.41 Å². The molecule has 0 heterocycles. The first kappa shape index (κ1) is 14.8. The minimum Gasteiger partial charge on any atom is -0.461 e. The molecule has 0 aliphatic carbocycles. The molecular formula is C9H18N2O5. The van der Waals surface area contributed by atoms with Crippen LogP contribution in [0.3, 0.4) is 0 Å². The molecule has 0 radical (unpaired) electrons. The summed E-state index contributed by atoms with van der Waals surface area (Å²) in [4.78, 5) is 22.2. The summed E-state index contributed by atoms with van der Waals surface area (Å²) in [5.74, 6) is 0. The van der Waals surface area contributed by atoms with E-state index in [-0.39, 0.29) is 6.54 Å². The zero-order chi connectivity index (χ0) is 12.2. The first-order valence-electron chi connectivity index (χ1n) is 4.74. The van der Waals surface area contributed by atoms with E-state index >= 15 is 0 Å². The SMILES string of the molecule is COCN(COC)CC(CNC=O)OC=O. The zero-order valence-electron chi connectivity index (χ0n) is 9.55. The fourth-order valence-corrected chi connectivity index (χ4v) is 1.21. The Hall–Kier alpha value is -1.18. The molecule has 0 aromatic rings. The van der Waals surface area contributed by atoms with Crippen LogP contribution in [0.2, 0.25) is 0 Å². The molecule has 1 amide bonds. The van der Waals surface area contributed by atoms with Crippen molar-refractivity contribution in [2.75, 3.05) is 40.8 Å². The van der Waals surface area contributed by atoms with Crippen LogP contribution < -0.4 is 5.32 Å². The highest BCUT2D eigenvalue weighted by Crippen LogP contribution is 1.96. The molecule has 1 atom stereocenters. The molecule has 0 aliphatic heterocycles. The number of hydrogen-bond donors (Lipinski definition) is 1. The van der Waals surface area contributed by atoms with Crippen LogP contribution in [0.25, 0.3) is 0 Å². The second-order valence-electron chi connectivity index (χ2n) is 3.07.